The number of thiazole rings is 1. The van der Waals surface area contributed by atoms with Crippen LogP contribution in [0.5, 0.6) is 0 Å². The molecule has 0 aliphatic heterocycles. The smallest absolute Gasteiger partial charge is 0.325 e. The Morgan fingerprint density at radius 2 is 2.12 bits per heavy atom. The van der Waals surface area contributed by atoms with Gasteiger partial charge in [0.1, 0.15) is 0 Å². The van der Waals surface area contributed by atoms with Gasteiger partial charge in [-0.15, -0.1) is 11.3 Å². The molecule has 0 spiro atoms. The fourth-order valence-electron chi connectivity index (χ4n) is 1.86. The van der Waals surface area contributed by atoms with E-state index in [1.807, 2.05) is 13.8 Å². The first-order chi connectivity index (χ1) is 11.5. The molecule has 1 unspecified atom stereocenters. The van der Waals surface area contributed by atoms with Crippen molar-refractivity contribution < 1.29 is 9.59 Å². The van der Waals surface area contributed by atoms with Crippen molar-refractivity contribution in [2.75, 3.05) is 10.6 Å². The summed E-state index contributed by atoms with van der Waals surface area (Å²) in [6.45, 7) is 3.96. The first kappa shape index (κ1) is 18.2. The van der Waals surface area contributed by atoms with Crippen LogP contribution in [0.15, 0.2) is 29.6 Å². The number of anilines is 2. The third kappa shape index (κ3) is 5.82. The first-order valence-electron chi connectivity index (χ1n) is 7.53. The van der Waals surface area contributed by atoms with E-state index in [9.17, 15) is 9.59 Å². The number of hydrogen-bond acceptors (Lipinski definition) is 4. The van der Waals surface area contributed by atoms with Crippen LogP contribution < -0.4 is 16.0 Å². The molecule has 3 N–H and O–H groups in total. The molecule has 1 aromatic heterocycles. The van der Waals surface area contributed by atoms with E-state index in [2.05, 4.69) is 20.9 Å². The molecular formula is C16H19ClN4O2S. The molecule has 0 saturated heterocycles. The first-order valence-corrected chi connectivity index (χ1v) is 8.79. The Bertz CT molecular complexity index is 720. The Hall–Kier alpha value is -2.12. The van der Waals surface area contributed by atoms with Gasteiger partial charge < -0.3 is 10.6 Å². The van der Waals surface area contributed by atoms with Crippen molar-refractivity contribution in [3.8, 4) is 0 Å². The van der Waals surface area contributed by atoms with Crippen LogP contribution >= 0.6 is 22.9 Å². The highest BCUT2D eigenvalue weighted by Gasteiger charge is 2.11. The molecule has 0 saturated carbocycles. The Labute approximate surface area is 149 Å². The van der Waals surface area contributed by atoms with Crippen LogP contribution in [0.1, 0.15) is 26.0 Å². The molecule has 128 valence electrons. The van der Waals surface area contributed by atoms with Crippen molar-refractivity contribution in [3.63, 3.8) is 0 Å². The maximum Gasteiger partial charge on any atom is 0.325 e. The number of amides is 3. The lowest BCUT2D eigenvalue weighted by atomic mass is 10.2. The predicted octanol–water partition coefficient (Wildman–Crippen LogP) is 3.90. The number of benzene rings is 1. The highest BCUT2D eigenvalue weighted by molar-refractivity contribution is 7.14. The normalized spacial score (nSPS) is 11.6. The Morgan fingerprint density at radius 1 is 1.33 bits per heavy atom. The van der Waals surface area contributed by atoms with Crippen LogP contribution in [0.25, 0.3) is 0 Å². The van der Waals surface area contributed by atoms with Gasteiger partial charge in [0.25, 0.3) is 0 Å². The Balaban J connectivity index is 1.86. The van der Waals surface area contributed by atoms with Crippen LogP contribution in [-0.2, 0) is 11.2 Å². The number of carbonyl (C=O) groups excluding carboxylic acids is 2. The van der Waals surface area contributed by atoms with Gasteiger partial charge in [0.05, 0.1) is 12.1 Å². The second-order valence-electron chi connectivity index (χ2n) is 5.29. The molecule has 0 fully saturated rings. The molecule has 2 rings (SSSR count). The highest BCUT2D eigenvalue weighted by atomic mass is 35.5. The number of rotatable bonds is 6. The van der Waals surface area contributed by atoms with E-state index in [0.29, 0.717) is 21.5 Å². The summed E-state index contributed by atoms with van der Waals surface area (Å²) in [5.74, 6) is -0.0791. The molecule has 2 aromatic rings. The molecule has 24 heavy (non-hydrogen) atoms. The lowest BCUT2D eigenvalue weighted by Crippen LogP contribution is -2.33. The van der Waals surface area contributed by atoms with Gasteiger partial charge in [-0.05, 0) is 31.5 Å². The molecular weight excluding hydrogens is 348 g/mol. The third-order valence-electron chi connectivity index (χ3n) is 3.22. The minimum atomic E-state index is -0.415. The minimum absolute atomic E-state index is 0.0791. The zero-order chi connectivity index (χ0) is 17.5. The second-order valence-corrected chi connectivity index (χ2v) is 6.58. The summed E-state index contributed by atoms with van der Waals surface area (Å²) in [4.78, 5) is 28.0. The van der Waals surface area contributed by atoms with Crippen LogP contribution in [0, 0.1) is 0 Å². The number of nitrogens with one attached hydrogen (secondary N) is 3. The third-order valence-corrected chi connectivity index (χ3v) is 4.26. The van der Waals surface area contributed by atoms with E-state index < -0.39 is 6.03 Å². The maximum atomic E-state index is 11.9. The summed E-state index contributed by atoms with van der Waals surface area (Å²) in [7, 11) is 0. The number of carbonyl (C=O) groups is 2. The monoisotopic (exact) mass is 366 g/mol. The molecule has 3 amide bonds. The van der Waals surface area contributed by atoms with Crippen molar-refractivity contribution in [1.29, 1.82) is 0 Å². The number of aromatic nitrogens is 1. The van der Waals surface area contributed by atoms with Gasteiger partial charge in [-0.1, -0.05) is 24.6 Å². The number of urea groups is 1. The standard InChI is InChI=1S/C16H19ClN4O2S/c1-3-10(2)18-14(22)8-13-9-24-16(20-13)21-15(23)19-12-6-4-5-11(17)7-12/h4-7,9-10H,3,8H2,1-2H3,(H,18,22)(H2,19,20,21,23). The SMILES string of the molecule is CCC(C)NC(=O)Cc1csc(NC(=O)Nc2cccc(Cl)c2)n1. The molecule has 0 bridgehead atoms. The van der Waals surface area contributed by atoms with E-state index in [1.165, 1.54) is 11.3 Å². The molecule has 1 heterocycles. The predicted molar refractivity (Wildman–Crippen MR) is 97.8 cm³/mol. The molecule has 0 aliphatic rings. The summed E-state index contributed by atoms with van der Waals surface area (Å²) < 4.78 is 0. The van der Waals surface area contributed by atoms with Crippen LogP contribution in [0.3, 0.4) is 0 Å². The summed E-state index contributed by atoms with van der Waals surface area (Å²) in [6, 6.07) is 6.57. The minimum Gasteiger partial charge on any atom is -0.353 e. The zero-order valence-electron chi connectivity index (χ0n) is 13.4. The second kappa shape index (κ2) is 8.65. The molecule has 1 aromatic carbocycles. The van der Waals surface area contributed by atoms with Gasteiger partial charge in [-0.2, -0.15) is 0 Å². The number of hydrogen-bond donors (Lipinski definition) is 3. The summed E-state index contributed by atoms with van der Waals surface area (Å²) in [5, 5.41) is 10.9. The van der Waals surface area contributed by atoms with E-state index in [-0.39, 0.29) is 18.4 Å². The lowest BCUT2D eigenvalue weighted by Gasteiger charge is -2.10. The summed E-state index contributed by atoms with van der Waals surface area (Å²) in [6.07, 6.45) is 1.07. The molecule has 1 atom stereocenters. The zero-order valence-corrected chi connectivity index (χ0v) is 15.0. The summed E-state index contributed by atoms with van der Waals surface area (Å²) >= 11 is 7.14. The van der Waals surface area contributed by atoms with Gasteiger partial charge in [0, 0.05) is 22.1 Å². The molecule has 0 radical (unpaired) electrons. The Kier molecular flexibility index (Phi) is 6.57. The number of halogens is 1. The average Bonchev–Trinajstić information content (AvgIpc) is 2.93. The van der Waals surface area contributed by atoms with Crippen molar-refractivity contribution in [3.05, 3.63) is 40.4 Å². The van der Waals surface area contributed by atoms with Gasteiger partial charge in [0.15, 0.2) is 5.13 Å². The Morgan fingerprint density at radius 3 is 2.83 bits per heavy atom. The van der Waals surface area contributed by atoms with Crippen molar-refractivity contribution in [1.82, 2.24) is 10.3 Å². The van der Waals surface area contributed by atoms with Gasteiger partial charge >= 0.3 is 6.03 Å². The van der Waals surface area contributed by atoms with E-state index in [1.54, 1.807) is 29.6 Å². The maximum absolute atomic E-state index is 11.9. The van der Waals surface area contributed by atoms with Crippen molar-refractivity contribution in [2.24, 2.45) is 0 Å². The van der Waals surface area contributed by atoms with Gasteiger partial charge in [-0.3, -0.25) is 10.1 Å². The van der Waals surface area contributed by atoms with Crippen LogP contribution in [-0.4, -0.2) is 23.0 Å². The van der Waals surface area contributed by atoms with E-state index in [0.717, 1.165) is 6.42 Å². The van der Waals surface area contributed by atoms with Crippen molar-refractivity contribution in [2.45, 2.75) is 32.7 Å². The fraction of sp³-hybridized carbons (Fsp3) is 0.312. The average molecular weight is 367 g/mol. The van der Waals surface area contributed by atoms with E-state index >= 15 is 0 Å². The van der Waals surface area contributed by atoms with Crippen LogP contribution in [0.4, 0.5) is 15.6 Å². The van der Waals surface area contributed by atoms with Gasteiger partial charge in [0.2, 0.25) is 5.91 Å². The molecule has 6 nitrogen and oxygen atoms in total. The van der Waals surface area contributed by atoms with Crippen molar-refractivity contribution >= 4 is 45.7 Å². The quantitative estimate of drug-likeness (QED) is 0.725. The molecule has 8 heteroatoms. The highest BCUT2D eigenvalue weighted by Crippen LogP contribution is 2.18. The molecule has 0 aliphatic carbocycles. The van der Waals surface area contributed by atoms with Crippen LogP contribution in [0.2, 0.25) is 5.02 Å². The summed E-state index contributed by atoms with van der Waals surface area (Å²) in [5.41, 5.74) is 1.21. The largest absolute Gasteiger partial charge is 0.353 e. The topological polar surface area (TPSA) is 83.1 Å². The number of nitrogens with zero attached hydrogens (tertiary/aromatic N) is 1. The van der Waals surface area contributed by atoms with E-state index in [4.69, 9.17) is 11.6 Å². The lowest BCUT2D eigenvalue weighted by molar-refractivity contribution is -0.121. The fourth-order valence-corrected chi connectivity index (χ4v) is 2.76. The van der Waals surface area contributed by atoms with Gasteiger partial charge in [-0.25, -0.2) is 9.78 Å².